The molecule has 1 aromatic heterocycles. The number of nitrogens with zero attached hydrogens (tertiary/aromatic N) is 5. The lowest BCUT2D eigenvalue weighted by molar-refractivity contribution is -0.274. The number of amides is 3. The van der Waals surface area contributed by atoms with Gasteiger partial charge in [-0.05, 0) is 72.7 Å². The van der Waals surface area contributed by atoms with E-state index in [1.54, 1.807) is 43.3 Å². The number of aliphatic imine (C=N–C) groups is 1. The standard InChI is InChI=1S/C30H22F6N6O4S/c1-18-2-12-24(45-16-29(31,32)33)23(14-18)42-26(43)15-47-28(42)39-27(44)38-20-6-3-19(4-7-20)5-13-25-37-17-41(40-25)21-8-10-22(11-9-21)46-30(34,35)36/h2-14,17H,15-16H2,1H3,(H,38,44)/b13-5+,39-28-. The Kier molecular flexibility index (Phi) is 9.55. The predicted octanol–water partition coefficient (Wildman–Crippen LogP) is 7.25. The summed E-state index contributed by atoms with van der Waals surface area (Å²) in [4.78, 5) is 34.6. The molecule has 0 atom stereocenters. The molecule has 4 aromatic rings. The van der Waals surface area contributed by atoms with E-state index < -0.39 is 31.1 Å². The summed E-state index contributed by atoms with van der Waals surface area (Å²) in [6.07, 6.45) is -4.68. The first-order valence-corrected chi connectivity index (χ1v) is 14.4. The first-order chi connectivity index (χ1) is 22.2. The van der Waals surface area contributed by atoms with Crippen molar-refractivity contribution in [2.24, 2.45) is 4.99 Å². The summed E-state index contributed by atoms with van der Waals surface area (Å²) in [5.74, 6) is -0.778. The zero-order chi connectivity index (χ0) is 33.8. The van der Waals surface area contributed by atoms with E-state index in [4.69, 9.17) is 4.74 Å². The van der Waals surface area contributed by atoms with Gasteiger partial charge in [0.05, 0.1) is 17.1 Å². The first kappa shape index (κ1) is 33.1. The Balaban J connectivity index is 1.22. The van der Waals surface area contributed by atoms with E-state index in [2.05, 4.69) is 25.1 Å². The fourth-order valence-electron chi connectivity index (χ4n) is 4.13. The van der Waals surface area contributed by atoms with E-state index in [1.165, 1.54) is 41.3 Å². The fourth-order valence-corrected chi connectivity index (χ4v) is 4.99. The van der Waals surface area contributed by atoms with Gasteiger partial charge >= 0.3 is 18.6 Å². The molecule has 17 heteroatoms. The SMILES string of the molecule is Cc1ccc(OCC(F)(F)F)c(N2C(=O)CS/C2=N\C(=O)Nc2ccc(/C=C/c3ncn(-c4ccc(OC(F)(F)F)cc4)n3)cc2)c1. The monoisotopic (exact) mass is 676 g/mol. The molecule has 1 N–H and O–H groups in total. The molecule has 0 aliphatic carbocycles. The second kappa shape index (κ2) is 13.6. The van der Waals surface area contributed by atoms with Crippen molar-refractivity contribution in [3.8, 4) is 17.2 Å². The van der Waals surface area contributed by atoms with Crippen molar-refractivity contribution in [1.82, 2.24) is 14.8 Å². The molecule has 0 radical (unpaired) electrons. The number of amidine groups is 1. The number of ether oxygens (including phenoxy) is 2. The van der Waals surface area contributed by atoms with Crippen molar-refractivity contribution >= 4 is 52.4 Å². The Morgan fingerprint density at radius 2 is 1.74 bits per heavy atom. The van der Waals surface area contributed by atoms with Gasteiger partial charge in [0.25, 0.3) is 0 Å². The molecule has 1 aliphatic heterocycles. The van der Waals surface area contributed by atoms with Crippen LogP contribution in [0.25, 0.3) is 17.8 Å². The molecule has 244 valence electrons. The largest absolute Gasteiger partial charge is 0.573 e. The second-order valence-corrected chi connectivity index (χ2v) is 10.7. The third-order valence-electron chi connectivity index (χ3n) is 6.14. The molecule has 5 rings (SSSR count). The molecule has 1 fully saturated rings. The summed E-state index contributed by atoms with van der Waals surface area (Å²) in [6, 6.07) is 15.2. The van der Waals surface area contributed by atoms with Crippen molar-refractivity contribution in [2.45, 2.75) is 19.5 Å². The molecule has 3 aromatic carbocycles. The number of nitrogens with one attached hydrogen (secondary N) is 1. The van der Waals surface area contributed by atoms with E-state index in [0.717, 1.165) is 28.8 Å². The van der Waals surface area contributed by atoms with Crippen LogP contribution in [0.15, 0.2) is 78.0 Å². The minimum atomic E-state index is -4.79. The van der Waals surface area contributed by atoms with Crippen molar-refractivity contribution in [2.75, 3.05) is 22.6 Å². The second-order valence-electron chi connectivity index (χ2n) is 9.76. The zero-order valence-electron chi connectivity index (χ0n) is 24.0. The van der Waals surface area contributed by atoms with Gasteiger partial charge in [0.2, 0.25) is 5.91 Å². The van der Waals surface area contributed by atoms with Crippen molar-refractivity contribution in [3.05, 3.63) is 90.0 Å². The van der Waals surface area contributed by atoms with Crippen LogP contribution in [0.4, 0.5) is 42.5 Å². The molecule has 47 heavy (non-hydrogen) atoms. The molecular weight excluding hydrogens is 654 g/mol. The highest BCUT2D eigenvalue weighted by atomic mass is 32.2. The van der Waals surface area contributed by atoms with E-state index in [9.17, 15) is 35.9 Å². The van der Waals surface area contributed by atoms with E-state index in [0.29, 0.717) is 28.3 Å². The number of carbonyl (C=O) groups excluding carboxylic acids is 2. The molecule has 0 bridgehead atoms. The Labute approximate surface area is 266 Å². The van der Waals surface area contributed by atoms with Crippen LogP contribution in [0.2, 0.25) is 0 Å². The van der Waals surface area contributed by atoms with Gasteiger partial charge in [0.15, 0.2) is 17.6 Å². The first-order valence-electron chi connectivity index (χ1n) is 13.4. The van der Waals surface area contributed by atoms with Gasteiger partial charge in [-0.25, -0.2) is 14.5 Å². The molecular formula is C30H22F6N6O4S. The van der Waals surface area contributed by atoms with Crippen molar-refractivity contribution in [3.63, 3.8) is 0 Å². The maximum absolute atomic E-state index is 12.8. The van der Waals surface area contributed by atoms with Crippen molar-refractivity contribution < 1.29 is 45.4 Å². The number of aromatic nitrogens is 3. The number of anilines is 2. The number of halogens is 6. The average molecular weight is 677 g/mol. The highest BCUT2D eigenvalue weighted by Crippen LogP contribution is 2.36. The van der Waals surface area contributed by atoms with Crippen LogP contribution in [0.3, 0.4) is 0 Å². The Bertz CT molecular complexity index is 1820. The predicted molar refractivity (Wildman–Crippen MR) is 163 cm³/mol. The normalized spacial score (nSPS) is 14.7. The van der Waals surface area contributed by atoms with Gasteiger partial charge in [-0.2, -0.15) is 18.2 Å². The molecule has 10 nitrogen and oxygen atoms in total. The zero-order valence-corrected chi connectivity index (χ0v) is 24.9. The van der Waals surface area contributed by atoms with Gasteiger partial charge in [-0.3, -0.25) is 9.69 Å². The van der Waals surface area contributed by atoms with Crippen LogP contribution in [-0.2, 0) is 4.79 Å². The van der Waals surface area contributed by atoms with Gasteiger partial charge in [0.1, 0.15) is 17.8 Å². The number of thioether (sulfide) groups is 1. The van der Waals surface area contributed by atoms with Crippen molar-refractivity contribution in [1.29, 1.82) is 0 Å². The lowest BCUT2D eigenvalue weighted by Crippen LogP contribution is -2.31. The smallest absolute Gasteiger partial charge is 0.482 e. The highest BCUT2D eigenvalue weighted by molar-refractivity contribution is 8.15. The number of urea groups is 1. The molecule has 0 spiro atoms. The van der Waals surface area contributed by atoms with Crippen LogP contribution in [0.5, 0.6) is 11.5 Å². The van der Waals surface area contributed by atoms with E-state index in [-0.39, 0.29) is 28.1 Å². The minimum Gasteiger partial charge on any atom is -0.482 e. The number of hydrogen-bond donors (Lipinski definition) is 1. The van der Waals surface area contributed by atoms with E-state index >= 15 is 0 Å². The summed E-state index contributed by atoms with van der Waals surface area (Å²) >= 11 is 0.959. The number of alkyl halides is 6. The third kappa shape index (κ3) is 9.12. The number of aryl methyl sites for hydroxylation is 1. The molecule has 1 aliphatic rings. The quantitative estimate of drug-likeness (QED) is 0.196. The van der Waals surface area contributed by atoms with Crippen LogP contribution < -0.4 is 19.7 Å². The summed E-state index contributed by atoms with van der Waals surface area (Å²) in [6.45, 7) is 0.136. The van der Waals surface area contributed by atoms with Crippen LogP contribution in [0.1, 0.15) is 17.0 Å². The summed E-state index contributed by atoms with van der Waals surface area (Å²) in [5, 5.41) is 6.83. The topological polar surface area (TPSA) is 111 Å². The maximum atomic E-state index is 12.8. The van der Waals surface area contributed by atoms with Gasteiger partial charge in [-0.15, -0.1) is 18.3 Å². The Hall–Kier alpha value is -5.32. The molecule has 0 unspecified atom stereocenters. The van der Waals surface area contributed by atoms with Gasteiger partial charge in [-0.1, -0.05) is 36.0 Å². The molecule has 0 saturated carbocycles. The van der Waals surface area contributed by atoms with Crippen LogP contribution >= 0.6 is 11.8 Å². The van der Waals surface area contributed by atoms with Crippen LogP contribution in [0, 0.1) is 6.92 Å². The third-order valence-corrected chi connectivity index (χ3v) is 7.06. The molecule has 2 heterocycles. The van der Waals surface area contributed by atoms with Crippen LogP contribution in [-0.4, -0.2) is 56.8 Å². The number of carbonyl (C=O) groups is 2. The number of rotatable bonds is 8. The highest BCUT2D eigenvalue weighted by Gasteiger charge is 2.34. The lowest BCUT2D eigenvalue weighted by atomic mass is 10.2. The van der Waals surface area contributed by atoms with Gasteiger partial charge in [0, 0.05) is 5.69 Å². The fraction of sp³-hybridized carbons (Fsp3) is 0.167. The maximum Gasteiger partial charge on any atom is 0.573 e. The summed E-state index contributed by atoms with van der Waals surface area (Å²) < 4.78 is 85.6. The number of benzene rings is 3. The summed E-state index contributed by atoms with van der Waals surface area (Å²) in [5.41, 5.74) is 2.25. The molecule has 1 saturated heterocycles. The Morgan fingerprint density at radius 1 is 1.02 bits per heavy atom. The summed E-state index contributed by atoms with van der Waals surface area (Å²) in [7, 11) is 0. The van der Waals surface area contributed by atoms with Gasteiger partial charge < -0.3 is 14.8 Å². The average Bonchev–Trinajstić information content (AvgIpc) is 3.61. The molecule has 3 amide bonds. The Morgan fingerprint density at radius 3 is 2.43 bits per heavy atom. The number of hydrogen-bond acceptors (Lipinski definition) is 7. The minimum absolute atomic E-state index is 0.0213. The lowest BCUT2D eigenvalue weighted by Gasteiger charge is -2.21. The van der Waals surface area contributed by atoms with E-state index in [1.807, 2.05) is 0 Å².